The zero-order valence-electron chi connectivity index (χ0n) is 18.3. The van der Waals surface area contributed by atoms with Gasteiger partial charge in [0.05, 0.1) is 36.1 Å². The SMILES string of the molecule is Cc1ncc(C(O)=C2C(=O)C(=O)N(CCCN3CCOCC3)[C@@H]2c2cccnc2)c(C)n1. The minimum absolute atomic E-state index is 0.0462. The van der Waals surface area contributed by atoms with E-state index in [-0.39, 0.29) is 11.3 Å². The molecule has 4 rings (SSSR count). The predicted molar refractivity (Wildman–Crippen MR) is 117 cm³/mol. The lowest BCUT2D eigenvalue weighted by atomic mass is 9.96. The molecule has 2 saturated heterocycles. The zero-order valence-corrected chi connectivity index (χ0v) is 18.3. The lowest BCUT2D eigenvalue weighted by Gasteiger charge is -2.29. The number of Topliss-reactive ketones (excluding diaryl/α,β-unsaturated/α-hetero) is 1. The Morgan fingerprint density at radius 2 is 1.97 bits per heavy atom. The Hall–Kier alpha value is -3.17. The van der Waals surface area contributed by atoms with Gasteiger partial charge in [0, 0.05) is 44.8 Å². The van der Waals surface area contributed by atoms with Crippen molar-refractivity contribution < 1.29 is 19.4 Å². The Morgan fingerprint density at radius 1 is 1.19 bits per heavy atom. The highest BCUT2D eigenvalue weighted by atomic mass is 16.5. The number of aryl methyl sites for hydroxylation is 2. The van der Waals surface area contributed by atoms with E-state index in [9.17, 15) is 14.7 Å². The van der Waals surface area contributed by atoms with Gasteiger partial charge >= 0.3 is 0 Å². The van der Waals surface area contributed by atoms with Crippen LogP contribution in [0.15, 0.2) is 36.3 Å². The molecule has 2 aromatic rings. The number of likely N-dealkylation sites (tertiary alicyclic amines) is 1. The first-order valence-electron chi connectivity index (χ1n) is 10.8. The van der Waals surface area contributed by atoms with Crippen molar-refractivity contribution in [3.05, 3.63) is 58.9 Å². The van der Waals surface area contributed by atoms with E-state index in [0.29, 0.717) is 48.8 Å². The van der Waals surface area contributed by atoms with Crippen LogP contribution in [0.5, 0.6) is 0 Å². The summed E-state index contributed by atoms with van der Waals surface area (Å²) in [5.41, 5.74) is 1.60. The quantitative estimate of drug-likeness (QED) is 0.413. The van der Waals surface area contributed by atoms with E-state index < -0.39 is 17.7 Å². The molecule has 0 unspecified atom stereocenters. The second-order valence-electron chi connectivity index (χ2n) is 8.00. The number of ether oxygens (including phenoxy) is 1. The molecule has 0 bridgehead atoms. The maximum atomic E-state index is 13.1. The first kappa shape index (κ1) is 22.0. The summed E-state index contributed by atoms with van der Waals surface area (Å²) < 4.78 is 5.38. The first-order chi connectivity index (χ1) is 15.5. The van der Waals surface area contributed by atoms with Crippen LogP contribution in [-0.2, 0) is 14.3 Å². The molecule has 2 aliphatic heterocycles. The lowest BCUT2D eigenvalue weighted by Crippen LogP contribution is -2.39. The lowest BCUT2D eigenvalue weighted by molar-refractivity contribution is -0.140. The average Bonchev–Trinajstić information content (AvgIpc) is 3.05. The number of hydrogen-bond donors (Lipinski definition) is 1. The molecular weight excluding hydrogens is 410 g/mol. The maximum absolute atomic E-state index is 13.1. The van der Waals surface area contributed by atoms with Crippen LogP contribution in [0.3, 0.4) is 0 Å². The van der Waals surface area contributed by atoms with Gasteiger partial charge in [-0.3, -0.25) is 19.5 Å². The Balaban J connectivity index is 1.67. The van der Waals surface area contributed by atoms with Crippen molar-refractivity contribution in [1.82, 2.24) is 24.8 Å². The van der Waals surface area contributed by atoms with Crippen LogP contribution in [0, 0.1) is 13.8 Å². The number of carbonyl (C=O) groups excluding carboxylic acids is 2. The van der Waals surface area contributed by atoms with Crippen molar-refractivity contribution >= 4 is 17.4 Å². The summed E-state index contributed by atoms with van der Waals surface area (Å²) in [5.74, 6) is -1.02. The third-order valence-corrected chi connectivity index (χ3v) is 5.87. The van der Waals surface area contributed by atoms with Crippen molar-refractivity contribution in [1.29, 1.82) is 0 Å². The fourth-order valence-corrected chi connectivity index (χ4v) is 4.25. The Labute approximate surface area is 186 Å². The number of ketones is 1. The number of nitrogens with zero attached hydrogens (tertiary/aromatic N) is 5. The molecule has 1 amide bonds. The highest BCUT2D eigenvalue weighted by Crippen LogP contribution is 2.39. The van der Waals surface area contributed by atoms with Gasteiger partial charge < -0.3 is 14.7 Å². The molecular formula is C23H27N5O4. The molecule has 1 atom stereocenters. The first-order valence-corrected chi connectivity index (χ1v) is 10.8. The predicted octanol–water partition coefficient (Wildman–Crippen LogP) is 1.63. The van der Waals surface area contributed by atoms with Crippen molar-refractivity contribution in [3.63, 3.8) is 0 Å². The van der Waals surface area contributed by atoms with Crippen LogP contribution in [0.4, 0.5) is 0 Å². The standard InChI is InChI=1S/C23H27N5O4/c1-15-18(14-25-16(2)26-15)21(29)19-20(17-5-3-6-24-13-17)28(23(31)22(19)30)8-4-7-27-9-11-32-12-10-27/h3,5-6,13-14,20,29H,4,7-12H2,1-2H3/t20-/m1/s1. The summed E-state index contributed by atoms with van der Waals surface area (Å²) in [6.45, 7) is 7.81. The van der Waals surface area contributed by atoms with Crippen LogP contribution < -0.4 is 0 Å². The fourth-order valence-electron chi connectivity index (χ4n) is 4.25. The summed E-state index contributed by atoms with van der Waals surface area (Å²) >= 11 is 0. The zero-order chi connectivity index (χ0) is 22.7. The number of pyridine rings is 1. The molecule has 2 aliphatic rings. The molecule has 0 spiro atoms. The highest BCUT2D eigenvalue weighted by molar-refractivity contribution is 6.46. The number of aromatic nitrogens is 3. The Morgan fingerprint density at radius 3 is 2.66 bits per heavy atom. The molecule has 0 aliphatic carbocycles. The van der Waals surface area contributed by atoms with Crippen molar-refractivity contribution in [2.45, 2.75) is 26.3 Å². The summed E-state index contributed by atoms with van der Waals surface area (Å²) in [6.07, 6.45) is 5.44. The van der Waals surface area contributed by atoms with Crippen LogP contribution in [0.25, 0.3) is 5.76 Å². The van der Waals surface area contributed by atoms with Crippen LogP contribution in [-0.4, -0.2) is 80.9 Å². The van der Waals surface area contributed by atoms with Gasteiger partial charge in [-0.1, -0.05) is 6.07 Å². The third kappa shape index (κ3) is 4.39. The molecule has 0 radical (unpaired) electrons. The molecule has 1 N–H and O–H groups in total. The topological polar surface area (TPSA) is 109 Å². The molecule has 2 fully saturated rings. The van der Waals surface area contributed by atoms with Gasteiger partial charge in [0.25, 0.3) is 11.7 Å². The van der Waals surface area contributed by atoms with Gasteiger partial charge in [-0.05, 0) is 31.9 Å². The average molecular weight is 438 g/mol. The number of morpholine rings is 1. The minimum atomic E-state index is -0.714. The number of carbonyl (C=O) groups is 2. The monoisotopic (exact) mass is 437 g/mol. The van der Waals surface area contributed by atoms with E-state index in [1.807, 2.05) is 6.07 Å². The van der Waals surface area contributed by atoms with Gasteiger partial charge in [-0.25, -0.2) is 9.97 Å². The maximum Gasteiger partial charge on any atom is 0.295 e. The van der Waals surface area contributed by atoms with E-state index in [1.54, 1.807) is 32.3 Å². The van der Waals surface area contributed by atoms with Crippen LogP contribution >= 0.6 is 0 Å². The van der Waals surface area contributed by atoms with E-state index in [1.165, 1.54) is 11.1 Å². The molecule has 9 heteroatoms. The summed E-state index contributed by atoms with van der Waals surface area (Å²) in [7, 11) is 0. The van der Waals surface area contributed by atoms with Crippen molar-refractivity contribution in [2.75, 3.05) is 39.4 Å². The van der Waals surface area contributed by atoms with Gasteiger partial charge in [0.1, 0.15) is 11.6 Å². The molecule has 168 valence electrons. The number of aliphatic hydroxyl groups is 1. The molecule has 0 saturated carbocycles. The molecule has 2 aromatic heterocycles. The normalized spacial score (nSPS) is 21.3. The minimum Gasteiger partial charge on any atom is -0.507 e. The largest absolute Gasteiger partial charge is 0.507 e. The summed E-state index contributed by atoms with van der Waals surface area (Å²) in [5, 5.41) is 11.1. The van der Waals surface area contributed by atoms with Crippen LogP contribution in [0.2, 0.25) is 0 Å². The second-order valence-corrected chi connectivity index (χ2v) is 8.00. The van der Waals surface area contributed by atoms with Gasteiger partial charge in [-0.15, -0.1) is 0 Å². The second kappa shape index (κ2) is 9.54. The molecule has 32 heavy (non-hydrogen) atoms. The molecule has 9 nitrogen and oxygen atoms in total. The molecule has 4 heterocycles. The summed E-state index contributed by atoms with van der Waals surface area (Å²) in [6, 6.07) is 2.85. The number of hydrogen-bond acceptors (Lipinski definition) is 8. The smallest absolute Gasteiger partial charge is 0.295 e. The Bertz CT molecular complexity index is 1030. The highest BCUT2D eigenvalue weighted by Gasteiger charge is 2.46. The molecule has 0 aromatic carbocycles. The number of aliphatic hydroxyl groups excluding tert-OH is 1. The van der Waals surface area contributed by atoms with E-state index >= 15 is 0 Å². The van der Waals surface area contributed by atoms with E-state index in [4.69, 9.17) is 4.74 Å². The number of amides is 1. The van der Waals surface area contributed by atoms with Crippen molar-refractivity contribution in [3.8, 4) is 0 Å². The third-order valence-electron chi connectivity index (χ3n) is 5.87. The summed E-state index contributed by atoms with van der Waals surface area (Å²) in [4.78, 5) is 42.5. The Kier molecular flexibility index (Phi) is 6.57. The van der Waals surface area contributed by atoms with E-state index in [2.05, 4.69) is 19.9 Å². The fraction of sp³-hybridized carbons (Fsp3) is 0.435. The van der Waals surface area contributed by atoms with Gasteiger partial charge in [0.15, 0.2) is 0 Å². The van der Waals surface area contributed by atoms with Gasteiger partial charge in [0.2, 0.25) is 0 Å². The van der Waals surface area contributed by atoms with Crippen molar-refractivity contribution in [2.24, 2.45) is 0 Å². The van der Waals surface area contributed by atoms with E-state index in [0.717, 1.165) is 19.6 Å². The van der Waals surface area contributed by atoms with Crippen LogP contribution in [0.1, 0.15) is 35.1 Å². The van der Waals surface area contributed by atoms with Gasteiger partial charge in [-0.2, -0.15) is 0 Å². The number of rotatable bonds is 6.